The molecule has 0 bridgehead atoms. The van der Waals surface area contributed by atoms with Gasteiger partial charge in [0.15, 0.2) is 5.69 Å². The Labute approximate surface area is 170 Å². The molecule has 9 nitrogen and oxygen atoms in total. The fourth-order valence-electron chi connectivity index (χ4n) is 3.65. The van der Waals surface area contributed by atoms with E-state index < -0.39 is 0 Å². The number of hydrogen-bond acceptors (Lipinski definition) is 9. The van der Waals surface area contributed by atoms with Crippen LogP contribution in [0.15, 0.2) is 30.6 Å². The molecule has 0 radical (unpaired) electrons. The van der Waals surface area contributed by atoms with Crippen LogP contribution in [0.5, 0.6) is 5.75 Å². The first kappa shape index (κ1) is 19.5. The molecule has 2 aromatic rings. The van der Waals surface area contributed by atoms with Crippen molar-refractivity contribution in [3.8, 4) is 11.8 Å². The zero-order valence-corrected chi connectivity index (χ0v) is 16.4. The molecule has 0 spiro atoms. The highest BCUT2D eigenvalue weighted by molar-refractivity contribution is 5.41. The van der Waals surface area contributed by atoms with Crippen molar-refractivity contribution in [1.82, 2.24) is 25.7 Å². The Bertz CT molecular complexity index is 862. The van der Waals surface area contributed by atoms with Gasteiger partial charge in [0, 0.05) is 31.6 Å². The summed E-state index contributed by atoms with van der Waals surface area (Å²) in [6.45, 7) is 4.42. The smallest absolute Gasteiger partial charge is 0.158 e. The van der Waals surface area contributed by atoms with E-state index in [0.717, 1.165) is 50.6 Å². The van der Waals surface area contributed by atoms with Crippen molar-refractivity contribution in [1.29, 1.82) is 5.26 Å². The Hall–Kier alpha value is -2.77. The molecular formula is C20H25N7O2. The molecule has 1 aromatic heterocycles. The number of methoxy groups -OCH3 is 1. The molecule has 4 rings (SSSR count). The normalized spacial score (nSPS) is 22.2. The maximum absolute atomic E-state index is 8.82. The molecule has 2 aliphatic rings. The Morgan fingerprint density at radius 3 is 2.86 bits per heavy atom. The Morgan fingerprint density at radius 2 is 2.14 bits per heavy atom. The summed E-state index contributed by atoms with van der Waals surface area (Å²) >= 11 is 0. The first-order chi connectivity index (χ1) is 14.2. The predicted octanol–water partition coefficient (Wildman–Crippen LogP) is 1.17. The van der Waals surface area contributed by atoms with Crippen LogP contribution < -0.4 is 20.9 Å². The van der Waals surface area contributed by atoms with Crippen LogP contribution in [0.4, 0.5) is 5.82 Å². The summed E-state index contributed by atoms with van der Waals surface area (Å²) < 4.78 is 11.1. The Kier molecular flexibility index (Phi) is 6.17. The van der Waals surface area contributed by atoms with Gasteiger partial charge in [-0.1, -0.05) is 12.1 Å². The van der Waals surface area contributed by atoms with Gasteiger partial charge in [0.25, 0.3) is 0 Å². The maximum atomic E-state index is 8.82. The lowest BCUT2D eigenvalue weighted by Gasteiger charge is -2.27. The third-order valence-corrected chi connectivity index (χ3v) is 5.17. The van der Waals surface area contributed by atoms with Gasteiger partial charge in [0.1, 0.15) is 17.6 Å². The number of aromatic nitrogens is 2. The van der Waals surface area contributed by atoms with Gasteiger partial charge in [-0.3, -0.25) is 4.90 Å². The highest BCUT2D eigenvalue weighted by Gasteiger charge is 2.27. The molecule has 2 fully saturated rings. The van der Waals surface area contributed by atoms with Gasteiger partial charge in [0.2, 0.25) is 0 Å². The summed E-state index contributed by atoms with van der Waals surface area (Å²) in [7, 11) is 1.71. The van der Waals surface area contributed by atoms with E-state index in [1.807, 2.05) is 6.07 Å². The van der Waals surface area contributed by atoms with Gasteiger partial charge < -0.3 is 14.8 Å². The fraction of sp³-hybridized carbons (Fsp3) is 0.450. The molecule has 1 aromatic carbocycles. The first-order valence-corrected chi connectivity index (χ1v) is 9.72. The number of benzene rings is 1. The zero-order chi connectivity index (χ0) is 20.1. The second-order valence-corrected chi connectivity index (χ2v) is 7.14. The van der Waals surface area contributed by atoms with Crippen molar-refractivity contribution in [2.24, 2.45) is 0 Å². The molecule has 0 saturated carbocycles. The molecule has 29 heavy (non-hydrogen) atoms. The van der Waals surface area contributed by atoms with E-state index in [9.17, 15) is 0 Å². The molecule has 9 heteroatoms. The molecule has 0 aliphatic carbocycles. The monoisotopic (exact) mass is 395 g/mol. The molecule has 2 aliphatic heterocycles. The number of hydrazine groups is 1. The number of hydrogen-bond donors (Lipinski definition) is 3. The van der Waals surface area contributed by atoms with Crippen LogP contribution in [-0.4, -0.2) is 54.4 Å². The standard InChI is InChI=1S/C20H25N7O2/c1-28-18-8-14(13-27-4-6-29-7-5-27)2-3-16(18)17-9-19(26-25-17)24-20-12-22-15(10-21)11-23-20/h2-3,8,11-12,17,19,25-26H,4-7,9,13H2,1H3,(H,23,24). The predicted molar refractivity (Wildman–Crippen MR) is 107 cm³/mol. The third-order valence-electron chi connectivity index (χ3n) is 5.17. The van der Waals surface area contributed by atoms with Crippen LogP contribution in [0, 0.1) is 11.3 Å². The van der Waals surface area contributed by atoms with Crippen LogP contribution in [0.1, 0.15) is 29.3 Å². The van der Waals surface area contributed by atoms with Gasteiger partial charge in [-0.2, -0.15) is 5.26 Å². The second kappa shape index (κ2) is 9.15. The van der Waals surface area contributed by atoms with Crippen LogP contribution in [0.2, 0.25) is 0 Å². The van der Waals surface area contributed by atoms with E-state index in [4.69, 9.17) is 14.7 Å². The van der Waals surface area contributed by atoms with Crippen LogP contribution in [-0.2, 0) is 11.3 Å². The summed E-state index contributed by atoms with van der Waals surface area (Å²) in [5.74, 6) is 1.51. The van der Waals surface area contributed by atoms with Gasteiger partial charge in [0.05, 0.1) is 44.9 Å². The number of morpholine rings is 1. The molecule has 152 valence electrons. The number of nitriles is 1. The molecule has 3 heterocycles. The highest BCUT2D eigenvalue weighted by atomic mass is 16.5. The highest BCUT2D eigenvalue weighted by Crippen LogP contribution is 2.31. The van der Waals surface area contributed by atoms with Gasteiger partial charge in [-0.25, -0.2) is 20.8 Å². The number of rotatable bonds is 6. The average molecular weight is 395 g/mol. The van der Waals surface area contributed by atoms with E-state index in [1.54, 1.807) is 13.3 Å². The van der Waals surface area contributed by atoms with Gasteiger partial charge in [-0.15, -0.1) is 0 Å². The first-order valence-electron chi connectivity index (χ1n) is 9.72. The second-order valence-electron chi connectivity index (χ2n) is 7.14. The lowest BCUT2D eigenvalue weighted by molar-refractivity contribution is 0.0341. The number of ether oxygens (including phenoxy) is 2. The van der Waals surface area contributed by atoms with Crippen LogP contribution in [0.25, 0.3) is 0 Å². The Balaban J connectivity index is 1.39. The van der Waals surface area contributed by atoms with Crippen molar-refractivity contribution in [2.45, 2.75) is 25.2 Å². The summed E-state index contributed by atoms with van der Waals surface area (Å²) in [5, 5.41) is 12.1. The van der Waals surface area contributed by atoms with E-state index in [1.165, 1.54) is 11.8 Å². The lowest BCUT2D eigenvalue weighted by atomic mass is 10.0. The molecular weight excluding hydrogens is 370 g/mol. The average Bonchev–Trinajstić information content (AvgIpc) is 3.23. The van der Waals surface area contributed by atoms with Gasteiger partial charge in [-0.05, 0) is 11.6 Å². The van der Waals surface area contributed by atoms with E-state index in [0.29, 0.717) is 11.5 Å². The van der Waals surface area contributed by atoms with E-state index in [2.05, 4.69) is 49.2 Å². The minimum absolute atomic E-state index is 0.0139. The number of nitrogens with one attached hydrogen (secondary N) is 3. The van der Waals surface area contributed by atoms with Crippen LogP contribution >= 0.6 is 0 Å². The number of anilines is 1. The van der Waals surface area contributed by atoms with E-state index in [-0.39, 0.29) is 12.2 Å². The molecule has 0 amide bonds. The lowest BCUT2D eigenvalue weighted by Crippen LogP contribution is -2.36. The quantitative estimate of drug-likeness (QED) is 0.664. The number of nitrogens with zero attached hydrogens (tertiary/aromatic N) is 4. The zero-order valence-electron chi connectivity index (χ0n) is 16.4. The maximum Gasteiger partial charge on any atom is 0.158 e. The summed E-state index contributed by atoms with van der Waals surface area (Å²) in [4.78, 5) is 10.6. The third kappa shape index (κ3) is 4.81. The van der Waals surface area contributed by atoms with Crippen molar-refractivity contribution in [3.63, 3.8) is 0 Å². The van der Waals surface area contributed by atoms with Crippen molar-refractivity contribution >= 4 is 5.82 Å². The molecule has 2 saturated heterocycles. The topological polar surface area (TPSA) is 107 Å². The Morgan fingerprint density at radius 1 is 1.28 bits per heavy atom. The molecule has 2 unspecified atom stereocenters. The molecule has 3 N–H and O–H groups in total. The van der Waals surface area contributed by atoms with E-state index >= 15 is 0 Å². The minimum atomic E-state index is -0.0139. The van der Waals surface area contributed by atoms with Crippen LogP contribution in [0.3, 0.4) is 0 Å². The van der Waals surface area contributed by atoms with Crippen molar-refractivity contribution in [2.75, 3.05) is 38.7 Å². The van der Waals surface area contributed by atoms with Crippen molar-refractivity contribution in [3.05, 3.63) is 47.4 Å². The van der Waals surface area contributed by atoms with Crippen molar-refractivity contribution < 1.29 is 9.47 Å². The minimum Gasteiger partial charge on any atom is -0.496 e. The summed E-state index contributed by atoms with van der Waals surface area (Å²) in [6, 6.07) is 8.50. The summed E-state index contributed by atoms with van der Waals surface area (Å²) in [6.07, 6.45) is 3.81. The SMILES string of the molecule is COc1cc(CN2CCOCC2)ccc1C1CC(Nc2cnc(C#N)cn2)NN1. The van der Waals surface area contributed by atoms with Gasteiger partial charge >= 0.3 is 0 Å². The fourth-order valence-corrected chi connectivity index (χ4v) is 3.65. The molecule has 2 atom stereocenters. The summed E-state index contributed by atoms with van der Waals surface area (Å²) in [5.41, 5.74) is 9.21. The largest absolute Gasteiger partial charge is 0.496 e.